The van der Waals surface area contributed by atoms with Gasteiger partial charge in [0.05, 0.1) is 6.61 Å². The number of methoxy groups -OCH3 is 2. The van der Waals surface area contributed by atoms with Gasteiger partial charge in [0.15, 0.2) is 0 Å². The Hall–Kier alpha value is -0.160. The highest BCUT2D eigenvalue weighted by molar-refractivity contribution is 4.70. The molecule has 0 rings (SSSR count). The standard InChI is InChI=1S/C18H39NO3/c1-4-18(17-20)19(13-9-5-7-11-15-21-2)14-10-6-8-12-16-22-3/h18,20H,4-17H2,1-3H3. The second-order valence-electron chi connectivity index (χ2n) is 6.09. The summed E-state index contributed by atoms with van der Waals surface area (Å²) in [6.45, 7) is 6.43. The van der Waals surface area contributed by atoms with Crippen LogP contribution >= 0.6 is 0 Å². The molecule has 0 aromatic rings. The highest BCUT2D eigenvalue weighted by Gasteiger charge is 2.14. The van der Waals surface area contributed by atoms with Gasteiger partial charge in [0.1, 0.15) is 0 Å². The predicted molar refractivity (Wildman–Crippen MR) is 93.4 cm³/mol. The zero-order valence-electron chi connectivity index (χ0n) is 15.2. The molecule has 0 fully saturated rings. The van der Waals surface area contributed by atoms with E-state index in [1.807, 2.05) is 0 Å². The van der Waals surface area contributed by atoms with Gasteiger partial charge in [0.25, 0.3) is 0 Å². The van der Waals surface area contributed by atoms with Crippen LogP contribution in [-0.4, -0.2) is 63.2 Å². The third-order valence-electron chi connectivity index (χ3n) is 4.29. The SMILES string of the molecule is CCC(CO)N(CCCCCCOC)CCCCCCOC. The van der Waals surface area contributed by atoms with E-state index in [1.54, 1.807) is 14.2 Å². The van der Waals surface area contributed by atoms with Gasteiger partial charge in [-0.1, -0.05) is 32.6 Å². The zero-order chi connectivity index (χ0) is 16.5. The lowest BCUT2D eigenvalue weighted by atomic mass is 10.1. The van der Waals surface area contributed by atoms with E-state index in [0.717, 1.165) is 45.6 Å². The molecule has 4 nitrogen and oxygen atoms in total. The van der Waals surface area contributed by atoms with Crippen LogP contribution in [-0.2, 0) is 9.47 Å². The Morgan fingerprint density at radius 1 is 0.773 bits per heavy atom. The van der Waals surface area contributed by atoms with E-state index in [0.29, 0.717) is 6.04 Å². The summed E-state index contributed by atoms with van der Waals surface area (Å²) >= 11 is 0. The molecule has 0 aromatic heterocycles. The number of rotatable bonds is 17. The number of aliphatic hydroxyl groups is 1. The second-order valence-corrected chi connectivity index (χ2v) is 6.09. The topological polar surface area (TPSA) is 41.9 Å². The van der Waals surface area contributed by atoms with Gasteiger partial charge in [-0.05, 0) is 45.2 Å². The lowest BCUT2D eigenvalue weighted by Crippen LogP contribution is -2.39. The molecule has 0 saturated heterocycles. The van der Waals surface area contributed by atoms with Gasteiger partial charge < -0.3 is 14.6 Å². The number of unbranched alkanes of at least 4 members (excludes halogenated alkanes) is 6. The first-order chi connectivity index (χ1) is 10.8. The molecule has 22 heavy (non-hydrogen) atoms. The number of hydrogen-bond acceptors (Lipinski definition) is 4. The smallest absolute Gasteiger partial charge is 0.0586 e. The van der Waals surface area contributed by atoms with E-state index in [4.69, 9.17) is 9.47 Å². The third kappa shape index (κ3) is 12.4. The molecule has 0 radical (unpaired) electrons. The van der Waals surface area contributed by atoms with Crippen LogP contribution in [0.1, 0.15) is 64.7 Å². The zero-order valence-corrected chi connectivity index (χ0v) is 15.2. The molecule has 1 atom stereocenters. The minimum absolute atomic E-state index is 0.282. The Bertz CT molecular complexity index is 195. The fourth-order valence-corrected chi connectivity index (χ4v) is 2.81. The van der Waals surface area contributed by atoms with Crippen LogP contribution in [0.15, 0.2) is 0 Å². The molecule has 4 heteroatoms. The third-order valence-corrected chi connectivity index (χ3v) is 4.29. The van der Waals surface area contributed by atoms with Crippen molar-refractivity contribution in [1.29, 1.82) is 0 Å². The van der Waals surface area contributed by atoms with Crippen molar-refractivity contribution < 1.29 is 14.6 Å². The van der Waals surface area contributed by atoms with E-state index >= 15 is 0 Å². The number of aliphatic hydroxyl groups excluding tert-OH is 1. The van der Waals surface area contributed by atoms with Crippen molar-refractivity contribution in [2.75, 3.05) is 47.1 Å². The van der Waals surface area contributed by atoms with Gasteiger partial charge in [-0.15, -0.1) is 0 Å². The maximum Gasteiger partial charge on any atom is 0.0586 e. The molecule has 0 saturated carbocycles. The van der Waals surface area contributed by atoms with Crippen LogP contribution < -0.4 is 0 Å². The maximum atomic E-state index is 9.57. The summed E-state index contributed by atoms with van der Waals surface area (Å²) in [5, 5.41) is 9.57. The van der Waals surface area contributed by atoms with Gasteiger partial charge in [0.2, 0.25) is 0 Å². The van der Waals surface area contributed by atoms with Crippen molar-refractivity contribution >= 4 is 0 Å². The van der Waals surface area contributed by atoms with Crippen LogP contribution in [0.3, 0.4) is 0 Å². The lowest BCUT2D eigenvalue weighted by molar-refractivity contribution is 0.114. The molecule has 0 bridgehead atoms. The minimum Gasteiger partial charge on any atom is -0.395 e. The number of ether oxygens (including phenoxy) is 2. The van der Waals surface area contributed by atoms with E-state index in [2.05, 4.69) is 11.8 Å². The molecule has 1 unspecified atom stereocenters. The Kier molecular flexibility index (Phi) is 17.1. The normalized spacial score (nSPS) is 13.0. The molecule has 0 spiro atoms. The first-order valence-electron chi connectivity index (χ1n) is 9.12. The first kappa shape index (κ1) is 21.8. The van der Waals surface area contributed by atoms with E-state index in [9.17, 15) is 5.11 Å². The Balaban J connectivity index is 3.85. The van der Waals surface area contributed by atoms with Crippen LogP contribution in [0.5, 0.6) is 0 Å². The molecular weight excluding hydrogens is 278 g/mol. The lowest BCUT2D eigenvalue weighted by Gasteiger charge is -2.30. The van der Waals surface area contributed by atoms with Crippen molar-refractivity contribution in [2.24, 2.45) is 0 Å². The molecule has 0 aliphatic carbocycles. The summed E-state index contributed by atoms with van der Waals surface area (Å²) in [5.41, 5.74) is 0. The molecule has 0 heterocycles. The second kappa shape index (κ2) is 17.2. The minimum atomic E-state index is 0.282. The fraction of sp³-hybridized carbons (Fsp3) is 1.00. The molecule has 0 amide bonds. The average Bonchev–Trinajstić information content (AvgIpc) is 2.54. The van der Waals surface area contributed by atoms with E-state index in [-0.39, 0.29) is 6.61 Å². The van der Waals surface area contributed by atoms with Crippen LogP contribution in [0.2, 0.25) is 0 Å². The summed E-state index contributed by atoms with van der Waals surface area (Å²) in [6, 6.07) is 0.331. The fourth-order valence-electron chi connectivity index (χ4n) is 2.81. The van der Waals surface area contributed by atoms with Gasteiger partial charge in [0, 0.05) is 33.5 Å². The largest absolute Gasteiger partial charge is 0.395 e. The van der Waals surface area contributed by atoms with Gasteiger partial charge in [-0.25, -0.2) is 0 Å². The summed E-state index contributed by atoms with van der Waals surface area (Å²) in [6.07, 6.45) is 10.8. The Labute approximate surface area is 138 Å². The van der Waals surface area contributed by atoms with Crippen molar-refractivity contribution in [3.05, 3.63) is 0 Å². The van der Waals surface area contributed by atoms with Gasteiger partial charge >= 0.3 is 0 Å². The van der Waals surface area contributed by atoms with Gasteiger partial charge in [-0.3, -0.25) is 4.90 Å². The summed E-state index contributed by atoms with van der Waals surface area (Å²) < 4.78 is 10.2. The predicted octanol–water partition coefficient (Wildman–Crippen LogP) is 3.47. The first-order valence-corrected chi connectivity index (χ1v) is 9.12. The molecule has 134 valence electrons. The van der Waals surface area contributed by atoms with Crippen molar-refractivity contribution in [3.8, 4) is 0 Å². The quantitative estimate of drug-likeness (QED) is 0.417. The maximum absolute atomic E-state index is 9.57. The molecule has 1 N–H and O–H groups in total. The van der Waals surface area contributed by atoms with E-state index < -0.39 is 0 Å². The van der Waals surface area contributed by atoms with Crippen LogP contribution in [0, 0.1) is 0 Å². The van der Waals surface area contributed by atoms with Crippen molar-refractivity contribution in [2.45, 2.75) is 70.8 Å². The number of nitrogens with zero attached hydrogens (tertiary/aromatic N) is 1. The Morgan fingerprint density at radius 2 is 1.23 bits per heavy atom. The molecule has 0 aliphatic rings. The van der Waals surface area contributed by atoms with Crippen molar-refractivity contribution in [1.82, 2.24) is 4.90 Å². The average molecular weight is 318 g/mol. The highest BCUT2D eigenvalue weighted by atomic mass is 16.5. The van der Waals surface area contributed by atoms with Crippen LogP contribution in [0.25, 0.3) is 0 Å². The number of hydrogen-bond donors (Lipinski definition) is 1. The molecular formula is C18H39NO3. The summed E-state index contributed by atoms with van der Waals surface area (Å²) in [7, 11) is 3.53. The Morgan fingerprint density at radius 3 is 1.59 bits per heavy atom. The summed E-state index contributed by atoms with van der Waals surface area (Å²) in [4.78, 5) is 2.49. The van der Waals surface area contributed by atoms with Crippen LogP contribution in [0.4, 0.5) is 0 Å². The monoisotopic (exact) mass is 317 g/mol. The van der Waals surface area contributed by atoms with E-state index in [1.165, 1.54) is 38.5 Å². The van der Waals surface area contributed by atoms with Crippen molar-refractivity contribution in [3.63, 3.8) is 0 Å². The van der Waals surface area contributed by atoms with Gasteiger partial charge in [-0.2, -0.15) is 0 Å². The molecule has 0 aliphatic heterocycles. The molecule has 0 aromatic carbocycles. The highest BCUT2D eigenvalue weighted by Crippen LogP contribution is 2.11. The summed E-state index contributed by atoms with van der Waals surface area (Å²) in [5.74, 6) is 0.